The molecule has 0 radical (unpaired) electrons. The normalized spacial score (nSPS) is 10.5. The van der Waals surface area contributed by atoms with Crippen molar-refractivity contribution in [2.75, 3.05) is 0 Å². The van der Waals surface area contributed by atoms with Gasteiger partial charge < -0.3 is 0 Å². The molecule has 0 atom stereocenters. The Hall–Kier alpha value is -2.40. The molecule has 0 unspecified atom stereocenters. The molecule has 0 N–H and O–H groups in total. The fourth-order valence-corrected chi connectivity index (χ4v) is 2.59. The second-order valence-electron chi connectivity index (χ2n) is 5.06. The largest absolute Gasteiger partial charge is 0.290 e. The van der Waals surface area contributed by atoms with Gasteiger partial charge in [0, 0.05) is 21.7 Å². The van der Waals surface area contributed by atoms with Crippen LogP contribution < -0.4 is 4.57 Å². The molecule has 5 heteroatoms. The van der Waals surface area contributed by atoms with Gasteiger partial charge in [-0.1, -0.05) is 28.1 Å². The van der Waals surface area contributed by atoms with Gasteiger partial charge in [-0.2, -0.15) is 0 Å². The lowest BCUT2D eigenvalue weighted by molar-refractivity contribution is -0.686. The van der Waals surface area contributed by atoms with Gasteiger partial charge in [0.05, 0.1) is 6.20 Å². The van der Waals surface area contributed by atoms with E-state index in [1.165, 1.54) is 24.3 Å². The molecule has 3 nitrogen and oxygen atoms in total. The second kappa shape index (κ2) is 6.79. The summed E-state index contributed by atoms with van der Waals surface area (Å²) in [6.45, 7) is 0.164. The van der Waals surface area contributed by atoms with Crippen LogP contribution in [0.5, 0.6) is 0 Å². The zero-order valence-corrected chi connectivity index (χ0v) is 13.7. The number of rotatable bonds is 4. The van der Waals surface area contributed by atoms with Crippen LogP contribution in [0.3, 0.4) is 0 Å². The molecule has 0 aliphatic carbocycles. The van der Waals surface area contributed by atoms with Crippen molar-refractivity contribution in [1.82, 2.24) is 4.98 Å². The first-order valence-electron chi connectivity index (χ1n) is 7.01. The van der Waals surface area contributed by atoms with Crippen LogP contribution in [0.4, 0.5) is 4.39 Å². The molecular weight excluding hydrogens is 359 g/mol. The Morgan fingerprint density at radius 1 is 1.13 bits per heavy atom. The predicted molar refractivity (Wildman–Crippen MR) is 88.3 cm³/mol. The van der Waals surface area contributed by atoms with Gasteiger partial charge in [0.25, 0.3) is 6.33 Å². The molecule has 0 fully saturated rings. The van der Waals surface area contributed by atoms with Crippen molar-refractivity contribution in [2.24, 2.45) is 0 Å². The lowest BCUT2D eigenvalue weighted by Gasteiger charge is -2.01. The van der Waals surface area contributed by atoms with Crippen molar-refractivity contribution in [3.8, 4) is 11.3 Å². The highest BCUT2D eigenvalue weighted by Crippen LogP contribution is 2.20. The highest BCUT2D eigenvalue weighted by atomic mass is 79.9. The van der Waals surface area contributed by atoms with E-state index >= 15 is 0 Å². The van der Waals surface area contributed by atoms with E-state index in [2.05, 4.69) is 20.9 Å². The molecule has 0 amide bonds. The Balaban J connectivity index is 1.75. The lowest BCUT2D eigenvalue weighted by Crippen LogP contribution is -2.37. The molecule has 114 valence electrons. The molecule has 2 aromatic carbocycles. The lowest BCUT2D eigenvalue weighted by atomic mass is 10.1. The molecule has 0 spiro atoms. The van der Waals surface area contributed by atoms with Gasteiger partial charge in [0.1, 0.15) is 5.82 Å². The van der Waals surface area contributed by atoms with Gasteiger partial charge >= 0.3 is 0 Å². The van der Waals surface area contributed by atoms with Gasteiger partial charge in [-0.05, 0) is 41.4 Å². The van der Waals surface area contributed by atoms with Crippen LogP contribution in [0.2, 0.25) is 0 Å². The Morgan fingerprint density at radius 3 is 2.57 bits per heavy atom. The van der Waals surface area contributed by atoms with Crippen LogP contribution >= 0.6 is 15.9 Å². The number of carbonyl (C=O) groups excluding carboxylic acids is 1. The van der Waals surface area contributed by atoms with E-state index in [0.717, 1.165) is 15.7 Å². The topological polar surface area (TPSA) is 33.8 Å². The molecule has 0 saturated carbocycles. The molecule has 3 rings (SSSR count). The van der Waals surface area contributed by atoms with E-state index in [1.54, 1.807) is 10.9 Å². The number of carbonyl (C=O) groups is 1. The predicted octanol–water partition coefficient (Wildman–Crippen LogP) is 3.82. The summed E-state index contributed by atoms with van der Waals surface area (Å²) in [4.78, 5) is 16.5. The third-order valence-electron chi connectivity index (χ3n) is 3.38. The first-order valence-corrected chi connectivity index (χ1v) is 7.81. The van der Waals surface area contributed by atoms with Crippen LogP contribution in [0.15, 0.2) is 71.6 Å². The Labute approximate surface area is 141 Å². The molecular formula is C18H13BrFN2O+. The molecule has 1 aromatic heterocycles. The summed E-state index contributed by atoms with van der Waals surface area (Å²) in [7, 11) is 0. The highest BCUT2D eigenvalue weighted by Gasteiger charge is 2.12. The average Bonchev–Trinajstić information content (AvgIpc) is 2.56. The zero-order valence-electron chi connectivity index (χ0n) is 12.1. The summed E-state index contributed by atoms with van der Waals surface area (Å²) in [6, 6.07) is 15.3. The summed E-state index contributed by atoms with van der Waals surface area (Å²) < 4.78 is 15.6. The highest BCUT2D eigenvalue weighted by molar-refractivity contribution is 9.10. The van der Waals surface area contributed by atoms with E-state index in [1.807, 2.05) is 36.5 Å². The fourth-order valence-electron chi connectivity index (χ4n) is 2.19. The smallest absolute Gasteiger partial charge is 0.287 e. The van der Waals surface area contributed by atoms with Crippen molar-refractivity contribution in [2.45, 2.75) is 6.54 Å². The van der Waals surface area contributed by atoms with Gasteiger partial charge in [0.2, 0.25) is 5.78 Å². The van der Waals surface area contributed by atoms with Crippen LogP contribution in [-0.2, 0) is 6.54 Å². The number of hydrogen-bond donors (Lipinski definition) is 0. The molecule has 0 aliphatic heterocycles. The zero-order chi connectivity index (χ0) is 16.2. The number of ketones is 1. The van der Waals surface area contributed by atoms with Gasteiger partial charge in [0.15, 0.2) is 12.2 Å². The molecule has 23 heavy (non-hydrogen) atoms. The Bertz CT molecular complexity index is 832. The molecule has 0 aliphatic rings. The number of hydrogen-bond acceptors (Lipinski definition) is 2. The Morgan fingerprint density at radius 2 is 1.91 bits per heavy atom. The van der Waals surface area contributed by atoms with E-state index < -0.39 is 0 Å². The number of nitrogens with zero attached hydrogens (tertiary/aromatic N) is 2. The number of halogens is 2. The van der Waals surface area contributed by atoms with Gasteiger partial charge in [-0.3, -0.25) is 4.79 Å². The maximum absolute atomic E-state index is 12.9. The Kier molecular flexibility index (Phi) is 4.57. The van der Waals surface area contributed by atoms with Crippen molar-refractivity contribution in [1.29, 1.82) is 0 Å². The van der Waals surface area contributed by atoms with Gasteiger partial charge in [-0.15, -0.1) is 0 Å². The average molecular weight is 372 g/mol. The standard InChI is InChI=1S/C18H13BrFN2O/c19-15-3-1-2-14(10-15)17-8-9-22(12-21-17)11-18(23)13-4-6-16(20)7-5-13/h1-10,12H,11H2/q+1. The molecule has 1 heterocycles. The summed E-state index contributed by atoms with van der Waals surface area (Å²) in [5.41, 5.74) is 2.31. The molecule has 0 bridgehead atoms. The molecule has 3 aromatic rings. The van der Waals surface area contributed by atoms with Crippen molar-refractivity contribution >= 4 is 21.7 Å². The number of Topliss-reactive ketones (excluding diaryl/α,β-unsaturated/α-hetero) is 1. The number of aromatic nitrogens is 2. The van der Waals surface area contributed by atoms with E-state index in [-0.39, 0.29) is 18.1 Å². The van der Waals surface area contributed by atoms with Crippen LogP contribution in [0.25, 0.3) is 11.3 Å². The maximum Gasteiger partial charge on any atom is 0.287 e. The minimum Gasteiger partial charge on any atom is -0.290 e. The van der Waals surface area contributed by atoms with Crippen molar-refractivity contribution < 1.29 is 13.8 Å². The number of benzene rings is 2. The summed E-state index contributed by atoms with van der Waals surface area (Å²) in [6.07, 6.45) is 3.43. The quantitative estimate of drug-likeness (QED) is 0.516. The van der Waals surface area contributed by atoms with E-state index in [0.29, 0.717) is 5.56 Å². The second-order valence-corrected chi connectivity index (χ2v) is 5.97. The fraction of sp³-hybridized carbons (Fsp3) is 0.0556. The first kappa shape index (κ1) is 15.5. The van der Waals surface area contributed by atoms with E-state index in [9.17, 15) is 9.18 Å². The molecule has 0 saturated heterocycles. The maximum atomic E-state index is 12.9. The first-order chi connectivity index (χ1) is 11.1. The van der Waals surface area contributed by atoms with Crippen LogP contribution in [0, 0.1) is 5.82 Å². The minimum absolute atomic E-state index is 0.0907. The van der Waals surface area contributed by atoms with Crippen molar-refractivity contribution in [3.05, 3.63) is 83.0 Å². The monoisotopic (exact) mass is 371 g/mol. The summed E-state index contributed by atoms with van der Waals surface area (Å²) in [5, 5.41) is 0. The van der Waals surface area contributed by atoms with Gasteiger partial charge in [-0.25, -0.2) is 8.96 Å². The third kappa shape index (κ3) is 3.87. The van der Waals surface area contributed by atoms with Crippen molar-refractivity contribution in [3.63, 3.8) is 0 Å². The summed E-state index contributed by atoms with van der Waals surface area (Å²) in [5.74, 6) is -0.443. The van der Waals surface area contributed by atoms with Crippen LogP contribution in [-0.4, -0.2) is 10.8 Å². The SMILES string of the molecule is O=C(C[n+]1ccc(-c2cccc(Br)c2)nc1)c1ccc(F)cc1. The summed E-state index contributed by atoms with van der Waals surface area (Å²) >= 11 is 3.43. The minimum atomic E-state index is -0.353. The third-order valence-corrected chi connectivity index (χ3v) is 3.88. The van der Waals surface area contributed by atoms with Crippen LogP contribution in [0.1, 0.15) is 10.4 Å². The van der Waals surface area contributed by atoms with E-state index in [4.69, 9.17) is 0 Å².